The Balaban J connectivity index is 2.01. The van der Waals surface area contributed by atoms with Crippen LogP contribution in [0.25, 0.3) is 16.8 Å². The van der Waals surface area contributed by atoms with Crippen molar-refractivity contribution in [1.82, 2.24) is 14.6 Å². The highest BCUT2D eigenvalue weighted by Crippen LogP contribution is 2.39. The number of benzene rings is 1. The summed E-state index contributed by atoms with van der Waals surface area (Å²) in [5.74, 6) is 0.885. The summed E-state index contributed by atoms with van der Waals surface area (Å²) in [5, 5.41) is 4.93. The Kier molecular flexibility index (Phi) is 5.77. The summed E-state index contributed by atoms with van der Waals surface area (Å²) < 4.78 is 18.4. The largest absolute Gasteiger partial charge is 0.497 e. The zero-order chi connectivity index (χ0) is 21.4. The number of methoxy groups -OCH3 is 3. The van der Waals surface area contributed by atoms with Crippen molar-refractivity contribution >= 4 is 5.65 Å². The van der Waals surface area contributed by atoms with E-state index in [1.165, 1.54) is 5.56 Å². The van der Waals surface area contributed by atoms with E-state index in [2.05, 4.69) is 13.0 Å². The number of hydrogen-bond donors (Lipinski definition) is 1. The molecule has 4 rings (SSSR count). The number of fused-ring (bicyclic) bond motifs is 2. The Morgan fingerprint density at radius 2 is 1.90 bits per heavy atom. The SMILES string of the molecule is COCC(COC)c1c2c(nc3c(-c4ccc(OC)cc4C)c(C)nn13)C(N)CC2. The highest BCUT2D eigenvalue weighted by molar-refractivity contribution is 5.82. The maximum Gasteiger partial charge on any atom is 0.163 e. The molecule has 1 aromatic carbocycles. The minimum atomic E-state index is -0.0606. The first-order chi connectivity index (χ1) is 14.5. The molecular weight excluding hydrogens is 380 g/mol. The van der Waals surface area contributed by atoms with E-state index in [9.17, 15) is 0 Å². The normalized spacial score (nSPS) is 15.9. The monoisotopic (exact) mass is 410 g/mol. The zero-order valence-electron chi connectivity index (χ0n) is 18.4. The standard InChI is InChI=1S/C23H30N4O3/c1-13-10-16(30-5)6-7-17(13)20-14(2)26-27-22(15(11-28-3)12-29-4)18-8-9-19(24)21(18)25-23(20)27/h6-7,10,15,19H,8-9,11-12,24H2,1-5H3. The number of aryl methyl sites for hydroxylation is 2. The number of hydrogen-bond acceptors (Lipinski definition) is 6. The van der Waals surface area contributed by atoms with E-state index in [0.29, 0.717) is 13.2 Å². The lowest BCUT2D eigenvalue weighted by molar-refractivity contribution is 0.114. The Morgan fingerprint density at radius 1 is 1.17 bits per heavy atom. The molecule has 2 aromatic heterocycles. The summed E-state index contributed by atoms with van der Waals surface area (Å²) in [5.41, 5.74) is 14.7. The molecule has 1 unspecified atom stereocenters. The average Bonchev–Trinajstić information content (AvgIpc) is 3.25. The predicted octanol–water partition coefficient (Wildman–Crippen LogP) is 3.34. The second-order valence-corrected chi connectivity index (χ2v) is 7.99. The van der Waals surface area contributed by atoms with Gasteiger partial charge in [-0.3, -0.25) is 0 Å². The molecule has 0 fully saturated rings. The van der Waals surface area contributed by atoms with Gasteiger partial charge in [-0.15, -0.1) is 0 Å². The highest BCUT2D eigenvalue weighted by atomic mass is 16.5. The second-order valence-electron chi connectivity index (χ2n) is 7.99. The molecule has 2 heterocycles. The van der Waals surface area contributed by atoms with Gasteiger partial charge in [0.25, 0.3) is 0 Å². The molecule has 0 saturated carbocycles. The van der Waals surface area contributed by atoms with Gasteiger partial charge >= 0.3 is 0 Å². The molecule has 0 bridgehead atoms. The summed E-state index contributed by atoms with van der Waals surface area (Å²) in [4.78, 5) is 5.04. The lowest BCUT2D eigenvalue weighted by atomic mass is 9.98. The van der Waals surface area contributed by atoms with Gasteiger partial charge in [0.15, 0.2) is 5.65 Å². The quantitative estimate of drug-likeness (QED) is 0.643. The maximum absolute atomic E-state index is 6.45. The van der Waals surface area contributed by atoms with Crippen LogP contribution in [-0.2, 0) is 15.9 Å². The third-order valence-electron chi connectivity index (χ3n) is 5.99. The lowest BCUT2D eigenvalue weighted by Gasteiger charge is -2.20. The molecule has 7 nitrogen and oxygen atoms in total. The summed E-state index contributed by atoms with van der Waals surface area (Å²) in [6, 6.07) is 6.03. The van der Waals surface area contributed by atoms with Gasteiger partial charge in [-0.1, -0.05) is 6.07 Å². The van der Waals surface area contributed by atoms with Crippen LogP contribution >= 0.6 is 0 Å². The van der Waals surface area contributed by atoms with Gasteiger partial charge in [0.2, 0.25) is 0 Å². The number of aromatic nitrogens is 3. The summed E-state index contributed by atoms with van der Waals surface area (Å²) >= 11 is 0. The molecule has 0 aliphatic heterocycles. The highest BCUT2D eigenvalue weighted by Gasteiger charge is 2.31. The molecule has 1 aliphatic carbocycles. The number of ether oxygens (including phenoxy) is 3. The molecule has 3 aromatic rings. The molecule has 160 valence electrons. The van der Waals surface area contributed by atoms with Crippen LogP contribution in [0, 0.1) is 13.8 Å². The van der Waals surface area contributed by atoms with Crippen LogP contribution in [0.3, 0.4) is 0 Å². The van der Waals surface area contributed by atoms with Gasteiger partial charge < -0.3 is 19.9 Å². The molecule has 7 heteroatoms. The lowest BCUT2D eigenvalue weighted by Crippen LogP contribution is -2.20. The van der Waals surface area contributed by atoms with E-state index in [4.69, 9.17) is 30.0 Å². The van der Waals surface area contributed by atoms with Crippen LogP contribution in [0.1, 0.15) is 46.6 Å². The molecule has 0 radical (unpaired) electrons. The van der Waals surface area contributed by atoms with Crippen molar-refractivity contribution in [1.29, 1.82) is 0 Å². The summed E-state index contributed by atoms with van der Waals surface area (Å²) in [7, 11) is 5.11. The van der Waals surface area contributed by atoms with Crippen molar-refractivity contribution in [3.8, 4) is 16.9 Å². The van der Waals surface area contributed by atoms with Gasteiger partial charge in [-0.25, -0.2) is 9.50 Å². The van der Waals surface area contributed by atoms with E-state index in [1.807, 2.05) is 23.6 Å². The molecule has 1 atom stereocenters. The van der Waals surface area contributed by atoms with Crippen LogP contribution < -0.4 is 10.5 Å². The van der Waals surface area contributed by atoms with Crippen molar-refractivity contribution in [2.45, 2.75) is 38.6 Å². The van der Waals surface area contributed by atoms with Crippen LogP contribution in [0.4, 0.5) is 0 Å². The predicted molar refractivity (Wildman–Crippen MR) is 116 cm³/mol. The molecule has 0 spiro atoms. The molecule has 30 heavy (non-hydrogen) atoms. The van der Waals surface area contributed by atoms with Gasteiger partial charge in [0, 0.05) is 31.7 Å². The molecular formula is C23H30N4O3. The third kappa shape index (κ3) is 3.37. The van der Waals surface area contributed by atoms with Crippen molar-refractivity contribution in [3.63, 3.8) is 0 Å². The number of rotatable bonds is 7. The first-order valence-electron chi connectivity index (χ1n) is 10.3. The van der Waals surface area contributed by atoms with Crippen molar-refractivity contribution in [2.24, 2.45) is 5.73 Å². The first kappa shape index (κ1) is 20.8. The average molecular weight is 411 g/mol. The fourth-order valence-electron chi connectivity index (χ4n) is 4.61. The van der Waals surface area contributed by atoms with Crippen LogP contribution in [-0.4, -0.2) is 49.1 Å². The molecule has 1 aliphatic rings. The summed E-state index contributed by atoms with van der Waals surface area (Å²) in [6.07, 6.45) is 1.79. The Hall–Kier alpha value is -2.48. The maximum atomic E-state index is 6.45. The first-order valence-corrected chi connectivity index (χ1v) is 10.3. The van der Waals surface area contributed by atoms with Crippen LogP contribution in [0.5, 0.6) is 5.75 Å². The molecule has 0 amide bonds. The third-order valence-corrected chi connectivity index (χ3v) is 5.99. The van der Waals surface area contributed by atoms with Crippen molar-refractivity contribution in [3.05, 3.63) is 46.4 Å². The van der Waals surface area contributed by atoms with Crippen molar-refractivity contribution in [2.75, 3.05) is 34.5 Å². The fourth-order valence-corrected chi connectivity index (χ4v) is 4.61. The van der Waals surface area contributed by atoms with E-state index in [1.54, 1.807) is 21.3 Å². The van der Waals surface area contributed by atoms with Gasteiger partial charge in [0.05, 0.1) is 37.4 Å². The van der Waals surface area contributed by atoms with Gasteiger partial charge in [-0.2, -0.15) is 5.10 Å². The Bertz CT molecular complexity index is 1070. The second kappa shape index (κ2) is 8.34. The van der Waals surface area contributed by atoms with Crippen LogP contribution in [0.2, 0.25) is 0 Å². The molecule has 0 saturated heterocycles. The van der Waals surface area contributed by atoms with E-state index >= 15 is 0 Å². The Morgan fingerprint density at radius 3 is 2.53 bits per heavy atom. The smallest absolute Gasteiger partial charge is 0.163 e. The summed E-state index contributed by atoms with van der Waals surface area (Å²) in [6.45, 7) is 5.21. The van der Waals surface area contributed by atoms with Gasteiger partial charge in [-0.05, 0) is 55.5 Å². The van der Waals surface area contributed by atoms with Gasteiger partial charge in [0.1, 0.15) is 5.75 Å². The fraction of sp³-hybridized carbons (Fsp3) is 0.478. The topological polar surface area (TPSA) is 83.9 Å². The van der Waals surface area contributed by atoms with Crippen molar-refractivity contribution < 1.29 is 14.2 Å². The minimum Gasteiger partial charge on any atom is -0.497 e. The number of nitrogens with two attached hydrogens (primary N) is 1. The minimum absolute atomic E-state index is 0.0497. The van der Waals surface area contributed by atoms with Crippen LogP contribution in [0.15, 0.2) is 18.2 Å². The molecule has 2 N–H and O–H groups in total. The Labute approximate surface area is 177 Å². The van der Waals surface area contributed by atoms with E-state index < -0.39 is 0 Å². The van der Waals surface area contributed by atoms with E-state index in [-0.39, 0.29) is 12.0 Å². The zero-order valence-corrected chi connectivity index (χ0v) is 18.4. The van der Waals surface area contributed by atoms with E-state index in [0.717, 1.165) is 58.0 Å². The number of nitrogens with zero attached hydrogens (tertiary/aromatic N) is 3.